The van der Waals surface area contributed by atoms with Crippen molar-refractivity contribution >= 4 is 5.97 Å². The highest BCUT2D eigenvalue weighted by Crippen LogP contribution is 2.58. The van der Waals surface area contributed by atoms with E-state index in [9.17, 15) is 15.0 Å². The van der Waals surface area contributed by atoms with Crippen LogP contribution in [-0.4, -0.2) is 22.3 Å². The van der Waals surface area contributed by atoms with Gasteiger partial charge in [-0.1, -0.05) is 12.5 Å². The van der Waals surface area contributed by atoms with Crippen LogP contribution in [0.3, 0.4) is 0 Å². The van der Waals surface area contributed by atoms with Gasteiger partial charge in [0.15, 0.2) is 0 Å². The lowest BCUT2D eigenvalue weighted by Gasteiger charge is -2.53. The summed E-state index contributed by atoms with van der Waals surface area (Å²) < 4.78 is 5.41. The summed E-state index contributed by atoms with van der Waals surface area (Å²) in [5.74, 6) is 0.416. The van der Waals surface area contributed by atoms with E-state index in [1.807, 2.05) is 6.07 Å². The van der Waals surface area contributed by atoms with Crippen molar-refractivity contribution in [2.45, 2.75) is 43.6 Å². The molecule has 0 amide bonds. The molecule has 0 saturated heterocycles. The van der Waals surface area contributed by atoms with E-state index in [0.29, 0.717) is 12.2 Å². The molecule has 2 saturated carbocycles. The van der Waals surface area contributed by atoms with Crippen LogP contribution in [0.4, 0.5) is 0 Å². The second-order valence-corrected chi connectivity index (χ2v) is 6.47. The summed E-state index contributed by atoms with van der Waals surface area (Å²) in [5.41, 5.74) is 0.844. The molecule has 1 unspecified atom stereocenters. The maximum Gasteiger partial charge on any atom is 0.315 e. The number of hydrogen-bond donors (Lipinski definition) is 2. The number of rotatable bonds is 0. The highest BCUT2D eigenvalue weighted by Gasteiger charge is 2.56. The first-order chi connectivity index (χ1) is 9.60. The quantitative estimate of drug-likeness (QED) is 0.562. The van der Waals surface area contributed by atoms with Gasteiger partial charge >= 0.3 is 5.97 Å². The fraction of sp³-hybridized carbons (Fsp3) is 0.562. The standard InChI is InChI=1S/C16H18O4/c17-10-3-4-11-14(6-10)20-15(19)12-7-13(18)9-2-1-5-16(11,12)8-9/h3-4,6,9,12-13,17-18H,1-2,5,7-8H2/t9?,12-,13+,16-/m0/s1. The van der Waals surface area contributed by atoms with Crippen LogP contribution in [0.2, 0.25) is 0 Å². The first-order valence-corrected chi connectivity index (χ1v) is 7.33. The van der Waals surface area contributed by atoms with E-state index in [0.717, 1.165) is 31.2 Å². The van der Waals surface area contributed by atoms with Gasteiger partial charge in [0.2, 0.25) is 0 Å². The van der Waals surface area contributed by atoms with Crippen molar-refractivity contribution in [2.24, 2.45) is 11.8 Å². The number of carbonyl (C=O) groups is 1. The van der Waals surface area contributed by atoms with Crippen molar-refractivity contribution in [3.05, 3.63) is 23.8 Å². The third kappa shape index (κ3) is 1.48. The molecule has 2 N–H and O–H groups in total. The minimum atomic E-state index is -0.389. The van der Waals surface area contributed by atoms with Crippen LogP contribution < -0.4 is 4.74 Å². The minimum Gasteiger partial charge on any atom is -0.508 e. The second kappa shape index (κ2) is 3.98. The monoisotopic (exact) mass is 274 g/mol. The van der Waals surface area contributed by atoms with Crippen LogP contribution in [0.25, 0.3) is 0 Å². The highest BCUT2D eigenvalue weighted by atomic mass is 16.5. The lowest BCUT2D eigenvalue weighted by molar-refractivity contribution is -0.152. The second-order valence-electron chi connectivity index (χ2n) is 6.47. The molecule has 4 nitrogen and oxygen atoms in total. The molecule has 4 heteroatoms. The normalized spacial score (nSPS) is 38.6. The Morgan fingerprint density at radius 2 is 2.20 bits per heavy atom. The average molecular weight is 274 g/mol. The van der Waals surface area contributed by atoms with Crippen LogP contribution in [0.15, 0.2) is 18.2 Å². The van der Waals surface area contributed by atoms with Gasteiger partial charge in [-0.2, -0.15) is 0 Å². The van der Waals surface area contributed by atoms with Gasteiger partial charge < -0.3 is 14.9 Å². The molecule has 4 atom stereocenters. The van der Waals surface area contributed by atoms with Crippen molar-refractivity contribution in [3.8, 4) is 11.5 Å². The fourth-order valence-corrected chi connectivity index (χ4v) is 4.60. The average Bonchev–Trinajstić information content (AvgIpc) is 2.42. The Bertz CT molecular complexity index is 582. The molecule has 1 aromatic carbocycles. The molecular formula is C16H18O4. The van der Waals surface area contributed by atoms with Crippen LogP contribution in [0.5, 0.6) is 11.5 Å². The lowest BCUT2D eigenvalue weighted by Crippen LogP contribution is -2.55. The number of benzene rings is 1. The third-order valence-electron chi connectivity index (χ3n) is 5.51. The van der Waals surface area contributed by atoms with E-state index in [1.54, 1.807) is 6.07 Å². The number of fused-ring (bicyclic) bond motifs is 2. The Hall–Kier alpha value is -1.55. The van der Waals surface area contributed by atoms with Gasteiger partial charge in [0.25, 0.3) is 0 Å². The van der Waals surface area contributed by atoms with Gasteiger partial charge in [-0.3, -0.25) is 4.79 Å². The van der Waals surface area contributed by atoms with Crippen molar-refractivity contribution < 1.29 is 19.7 Å². The number of esters is 1. The number of hydrogen-bond acceptors (Lipinski definition) is 4. The van der Waals surface area contributed by atoms with Crippen LogP contribution in [-0.2, 0) is 10.2 Å². The summed E-state index contributed by atoms with van der Waals surface area (Å²) >= 11 is 0. The Morgan fingerprint density at radius 1 is 1.35 bits per heavy atom. The molecule has 1 spiro atoms. The van der Waals surface area contributed by atoms with Crippen LogP contribution in [0.1, 0.15) is 37.7 Å². The molecule has 0 aromatic heterocycles. The van der Waals surface area contributed by atoms with Crippen LogP contribution >= 0.6 is 0 Å². The number of phenolic OH excluding ortho intramolecular Hbond substituents is 1. The van der Waals surface area contributed by atoms with Gasteiger partial charge in [-0.05, 0) is 37.7 Å². The molecule has 2 bridgehead atoms. The minimum absolute atomic E-state index is 0.120. The van der Waals surface area contributed by atoms with E-state index in [-0.39, 0.29) is 35.1 Å². The lowest BCUT2D eigenvalue weighted by atomic mass is 9.52. The Labute approximate surface area is 117 Å². The summed E-state index contributed by atoms with van der Waals surface area (Å²) in [6.07, 6.45) is 4.01. The van der Waals surface area contributed by atoms with Crippen molar-refractivity contribution in [3.63, 3.8) is 0 Å². The van der Waals surface area contributed by atoms with Crippen LogP contribution in [0, 0.1) is 11.8 Å². The smallest absolute Gasteiger partial charge is 0.315 e. The largest absolute Gasteiger partial charge is 0.508 e. The number of phenols is 1. The zero-order valence-electron chi connectivity index (χ0n) is 11.2. The molecule has 106 valence electrons. The zero-order valence-corrected chi connectivity index (χ0v) is 11.2. The number of ether oxygens (including phenoxy) is 1. The van der Waals surface area contributed by atoms with E-state index in [2.05, 4.69) is 0 Å². The number of aromatic hydroxyl groups is 1. The molecule has 20 heavy (non-hydrogen) atoms. The molecule has 2 fully saturated rings. The molecule has 1 aliphatic heterocycles. The number of aliphatic hydroxyl groups is 1. The van der Waals surface area contributed by atoms with Crippen molar-refractivity contribution in [1.29, 1.82) is 0 Å². The predicted molar refractivity (Wildman–Crippen MR) is 71.5 cm³/mol. The third-order valence-corrected chi connectivity index (χ3v) is 5.51. The number of aliphatic hydroxyl groups excluding tert-OH is 1. The van der Waals surface area contributed by atoms with E-state index in [1.165, 1.54) is 6.07 Å². The molecule has 1 heterocycles. The maximum atomic E-state index is 12.3. The van der Waals surface area contributed by atoms with E-state index < -0.39 is 0 Å². The van der Waals surface area contributed by atoms with E-state index >= 15 is 0 Å². The topological polar surface area (TPSA) is 66.8 Å². The van der Waals surface area contributed by atoms with Gasteiger partial charge in [-0.25, -0.2) is 0 Å². The summed E-state index contributed by atoms with van der Waals surface area (Å²) in [6.45, 7) is 0. The first kappa shape index (κ1) is 12.2. The summed E-state index contributed by atoms with van der Waals surface area (Å²) in [4.78, 5) is 12.3. The van der Waals surface area contributed by atoms with Gasteiger partial charge in [-0.15, -0.1) is 0 Å². The SMILES string of the molecule is O=C1Oc2cc(O)ccc2[C@]23CCCC(C2)[C@H](O)C[C@@H]13. The van der Waals surface area contributed by atoms with Gasteiger partial charge in [0, 0.05) is 17.0 Å². The molecular weight excluding hydrogens is 256 g/mol. The Kier molecular flexibility index (Phi) is 2.43. The predicted octanol–water partition coefficient (Wildman–Crippen LogP) is 2.12. The van der Waals surface area contributed by atoms with E-state index in [4.69, 9.17) is 4.74 Å². The van der Waals surface area contributed by atoms with Gasteiger partial charge in [0.1, 0.15) is 11.5 Å². The molecule has 0 radical (unpaired) electrons. The Morgan fingerprint density at radius 3 is 3.05 bits per heavy atom. The van der Waals surface area contributed by atoms with Gasteiger partial charge in [0.05, 0.1) is 12.0 Å². The fourth-order valence-electron chi connectivity index (χ4n) is 4.60. The molecule has 2 aliphatic carbocycles. The van der Waals surface area contributed by atoms with Crippen molar-refractivity contribution in [2.75, 3.05) is 0 Å². The number of carbonyl (C=O) groups excluding carboxylic acids is 1. The highest BCUT2D eigenvalue weighted by molar-refractivity contribution is 5.81. The Balaban J connectivity index is 1.89. The van der Waals surface area contributed by atoms with Crippen molar-refractivity contribution in [1.82, 2.24) is 0 Å². The maximum absolute atomic E-state index is 12.3. The summed E-state index contributed by atoms with van der Waals surface area (Å²) in [5, 5.41) is 19.8. The first-order valence-electron chi connectivity index (χ1n) is 7.33. The zero-order chi connectivity index (χ0) is 13.9. The summed E-state index contributed by atoms with van der Waals surface area (Å²) in [7, 11) is 0. The molecule has 3 aliphatic rings. The molecule has 4 rings (SSSR count). The summed E-state index contributed by atoms with van der Waals surface area (Å²) in [6, 6.07) is 5.09. The molecule has 1 aromatic rings.